The summed E-state index contributed by atoms with van der Waals surface area (Å²) in [5.41, 5.74) is 0.478. The summed E-state index contributed by atoms with van der Waals surface area (Å²) >= 11 is 6.40. The Morgan fingerprint density at radius 3 is 2.67 bits per heavy atom. The molecular weight excluding hydrogens is 368 g/mol. The van der Waals surface area contributed by atoms with Gasteiger partial charge in [0.25, 0.3) is 5.69 Å². The van der Waals surface area contributed by atoms with Crippen molar-refractivity contribution >= 4 is 43.2 Å². The highest BCUT2D eigenvalue weighted by Crippen LogP contribution is 2.28. The van der Waals surface area contributed by atoms with Crippen molar-refractivity contribution in [2.45, 2.75) is 6.54 Å². The minimum Gasteiger partial charge on any atom is -0.452 e. The molecule has 0 saturated carbocycles. The van der Waals surface area contributed by atoms with Gasteiger partial charge in [-0.1, -0.05) is 15.9 Å². The van der Waals surface area contributed by atoms with E-state index in [1.807, 2.05) is 0 Å². The van der Waals surface area contributed by atoms with E-state index in [0.29, 0.717) is 27.1 Å². The van der Waals surface area contributed by atoms with E-state index in [9.17, 15) is 10.1 Å². The summed E-state index contributed by atoms with van der Waals surface area (Å²) in [4.78, 5) is 10.5. The summed E-state index contributed by atoms with van der Waals surface area (Å²) in [7, 11) is 0. The summed E-state index contributed by atoms with van der Waals surface area (Å²) in [6.07, 6.45) is 0. The zero-order valence-corrected chi connectivity index (χ0v) is 12.2. The molecule has 1 heterocycles. The third-order valence-electron chi connectivity index (χ3n) is 2.24. The van der Waals surface area contributed by atoms with Gasteiger partial charge in [0.1, 0.15) is 11.4 Å². The van der Waals surface area contributed by atoms with Crippen LogP contribution in [0.25, 0.3) is 0 Å². The lowest BCUT2D eigenvalue weighted by molar-refractivity contribution is -0.384. The SMILES string of the molecule is O=[N+]([O-])c1cc(Br)ccc1NCc1ccc(Br)o1. The zero-order valence-electron chi connectivity index (χ0n) is 9.02. The number of benzene rings is 1. The monoisotopic (exact) mass is 374 g/mol. The van der Waals surface area contributed by atoms with Crippen molar-refractivity contribution < 1.29 is 9.34 Å². The van der Waals surface area contributed by atoms with Gasteiger partial charge in [0, 0.05) is 10.5 Å². The fraction of sp³-hybridized carbons (Fsp3) is 0.0909. The van der Waals surface area contributed by atoms with Gasteiger partial charge in [-0.05, 0) is 40.2 Å². The van der Waals surface area contributed by atoms with E-state index in [0.717, 1.165) is 0 Å². The predicted octanol–water partition coefficient (Wildman–Crippen LogP) is 4.32. The Morgan fingerprint density at radius 2 is 2.06 bits per heavy atom. The van der Waals surface area contributed by atoms with Gasteiger partial charge in [-0.15, -0.1) is 0 Å². The van der Waals surface area contributed by atoms with Crippen LogP contribution in [0.4, 0.5) is 11.4 Å². The summed E-state index contributed by atoms with van der Waals surface area (Å²) < 4.78 is 6.60. The Labute approximate surface area is 120 Å². The minimum atomic E-state index is -0.425. The predicted molar refractivity (Wildman–Crippen MR) is 74.5 cm³/mol. The Morgan fingerprint density at radius 1 is 1.28 bits per heavy atom. The van der Waals surface area contributed by atoms with Gasteiger partial charge in [-0.3, -0.25) is 10.1 Å². The van der Waals surface area contributed by atoms with E-state index in [1.165, 1.54) is 6.07 Å². The van der Waals surface area contributed by atoms with Crippen LogP contribution >= 0.6 is 31.9 Å². The number of nitro groups is 1. The molecule has 0 bridgehead atoms. The minimum absolute atomic E-state index is 0.0231. The first-order chi connectivity index (χ1) is 8.56. The van der Waals surface area contributed by atoms with E-state index in [4.69, 9.17) is 4.42 Å². The average Bonchev–Trinajstić information content (AvgIpc) is 2.73. The lowest BCUT2D eigenvalue weighted by atomic mass is 10.2. The molecule has 0 saturated heterocycles. The Balaban J connectivity index is 2.16. The van der Waals surface area contributed by atoms with E-state index in [-0.39, 0.29) is 5.69 Å². The van der Waals surface area contributed by atoms with E-state index >= 15 is 0 Å². The van der Waals surface area contributed by atoms with Gasteiger partial charge >= 0.3 is 0 Å². The molecule has 0 aliphatic heterocycles. The molecule has 1 aromatic heterocycles. The maximum atomic E-state index is 10.9. The number of nitro benzene ring substituents is 1. The topological polar surface area (TPSA) is 68.3 Å². The molecule has 1 N–H and O–H groups in total. The van der Waals surface area contributed by atoms with Crippen LogP contribution < -0.4 is 5.32 Å². The van der Waals surface area contributed by atoms with Gasteiger partial charge in [-0.2, -0.15) is 0 Å². The molecule has 18 heavy (non-hydrogen) atoms. The van der Waals surface area contributed by atoms with Crippen molar-refractivity contribution in [3.05, 3.63) is 55.3 Å². The maximum Gasteiger partial charge on any atom is 0.293 e. The van der Waals surface area contributed by atoms with Gasteiger partial charge < -0.3 is 9.73 Å². The number of nitrogens with zero attached hydrogens (tertiary/aromatic N) is 1. The third-order valence-corrected chi connectivity index (χ3v) is 3.16. The van der Waals surface area contributed by atoms with Gasteiger partial charge in [0.15, 0.2) is 4.67 Å². The molecule has 0 spiro atoms. The first-order valence-corrected chi connectivity index (χ1v) is 6.57. The van der Waals surface area contributed by atoms with Gasteiger partial charge in [0.2, 0.25) is 0 Å². The van der Waals surface area contributed by atoms with Crippen molar-refractivity contribution in [3.8, 4) is 0 Å². The van der Waals surface area contributed by atoms with E-state index in [2.05, 4.69) is 37.2 Å². The zero-order chi connectivity index (χ0) is 13.1. The molecule has 7 heteroatoms. The summed E-state index contributed by atoms with van der Waals surface area (Å²) in [5, 5.41) is 13.9. The highest BCUT2D eigenvalue weighted by molar-refractivity contribution is 9.10. The van der Waals surface area contributed by atoms with Crippen LogP contribution in [-0.4, -0.2) is 4.92 Å². The summed E-state index contributed by atoms with van der Waals surface area (Å²) in [5.74, 6) is 0.694. The number of hydrogen-bond donors (Lipinski definition) is 1. The van der Waals surface area contributed by atoms with E-state index < -0.39 is 4.92 Å². The van der Waals surface area contributed by atoms with Gasteiger partial charge in [-0.25, -0.2) is 0 Å². The normalized spacial score (nSPS) is 10.3. The molecule has 0 aliphatic carbocycles. The highest BCUT2D eigenvalue weighted by atomic mass is 79.9. The molecular formula is C11H8Br2N2O3. The van der Waals surface area contributed by atoms with Crippen molar-refractivity contribution in [3.63, 3.8) is 0 Å². The maximum absolute atomic E-state index is 10.9. The van der Waals surface area contributed by atoms with Crippen LogP contribution in [0.1, 0.15) is 5.76 Å². The largest absolute Gasteiger partial charge is 0.452 e. The summed E-state index contributed by atoms with van der Waals surface area (Å²) in [6.45, 7) is 0.383. The van der Waals surface area contributed by atoms with Crippen LogP contribution in [-0.2, 0) is 6.54 Å². The molecule has 1 aromatic carbocycles. The van der Waals surface area contributed by atoms with Crippen LogP contribution in [0, 0.1) is 10.1 Å². The summed E-state index contributed by atoms with van der Waals surface area (Å²) in [6, 6.07) is 8.42. The number of rotatable bonds is 4. The van der Waals surface area contributed by atoms with Crippen LogP contribution in [0.5, 0.6) is 0 Å². The standard InChI is InChI=1S/C11H8Br2N2O3/c12-7-1-3-9(10(5-7)15(16)17)14-6-8-2-4-11(13)18-8/h1-5,14H,6H2. The van der Waals surface area contributed by atoms with Crippen molar-refractivity contribution in [2.24, 2.45) is 0 Å². The molecule has 2 aromatic rings. The molecule has 2 rings (SSSR count). The second-order valence-corrected chi connectivity index (χ2v) is 5.18. The van der Waals surface area contributed by atoms with Crippen molar-refractivity contribution in [1.82, 2.24) is 0 Å². The fourth-order valence-corrected chi connectivity index (χ4v) is 2.12. The lowest BCUT2D eigenvalue weighted by Gasteiger charge is -2.05. The smallest absolute Gasteiger partial charge is 0.293 e. The molecule has 0 atom stereocenters. The lowest BCUT2D eigenvalue weighted by Crippen LogP contribution is -2.01. The highest BCUT2D eigenvalue weighted by Gasteiger charge is 2.14. The first kappa shape index (κ1) is 13.1. The molecule has 94 valence electrons. The number of anilines is 1. The van der Waals surface area contributed by atoms with Crippen LogP contribution in [0.3, 0.4) is 0 Å². The third kappa shape index (κ3) is 3.11. The number of halogens is 2. The number of furan rings is 1. The fourth-order valence-electron chi connectivity index (χ4n) is 1.43. The Kier molecular flexibility index (Phi) is 4.03. The molecule has 5 nitrogen and oxygen atoms in total. The average molecular weight is 376 g/mol. The number of hydrogen-bond acceptors (Lipinski definition) is 4. The number of nitrogens with one attached hydrogen (secondary N) is 1. The van der Waals surface area contributed by atoms with E-state index in [1.54, 1.807) is 24.3 Å². The molecule has 0 aliphatic rings. The van der Waals surface area contributed by atoms with Crippen LogP contribution in [0.15, 0.2) is 43.9 Å². The molecule has 0 radical (unpaired) electrons. The first-order valence-electron chi connectivity index (χ1n) is 4.98. The second-order valence-electron chi connectivity index (χ2n) is 3.48. The Hall–Kier alpha value is -1.34. The molecule has 0 fully saturated rings. The van der Waals surface area contributed by atoms with Crippen molar-refractivity contribution in [1.29, 1.82) is 0 Å². The Bertz CT molecular complexity index is 583. The van der Waals surface area contributed by atoms with Crippen molar-refractivity contribution in [2.75, 3.05) is 5.32 Å². The second kappa shape index (κ2) is 5.53. The quantitative estimate of drug-likeness (QED) is 0.638. The van der Waals surface area contributed by atoms with Crippen LogP contribution in [0.2, 0.25) is 0 Å². The molecule has 0 amide bonds. The molecule has 0 unspecified atom stereocenters. The van der Waals surface area contributed by atoms with Gasteiger partial charge in [0.05, 0.1) is 11.5 Å².